The van der Waals surface area contributed by atoms with Crippen LogP contribution >= 0.6 is 0 Å². The van der Waals surface area contributed by atoms with Crippen molar-refractivity contribution in [2.45, 2.75) is 18.9 Å². The van der Waals surface area contributed by atoms with Gasteiger partial charge in [0.1, 0.15) is 24.7 Å². The SMILES string of the molecule is CO.COC(=O)CC(C#N)c1ccc(OCc2ccc(OCC(=N)c3ccccc3)cc2)cc1. The zero-order valence-corrected chi connectivity index (χ0v) is 19.2. The molecular weight excluding hydrogens is 432 g/mol. The Balaban J connectivity index is 0.00000199. The quantitative estimate of drug-likeness (QED) is 0.340. The first kappa shape index (κ1) is 26.1. The summed E-state index contributed by atoms with van der Waals surface area (Å²) in [6.45, 7) is 0.579. The van der Waals surface area contributed by atoms with Crippen molar-refractivity contribution in [3.63, 3.8) is 0 Å². The molecule has 0 aliphatic rings. The zero-order valence-electron chi connectivity index (χ0n) is 19.2. The Morgan fingerprint density at radius 2 is 1.53 bits per heavy atom. The molecule has 0 fully saturated rings. The van der Waals surface area contributed by atoms with Gasteiger partial charge in [0, 0.05) is 7.11 Å². The van der Waals surface area contributed by atoms with E-state index in [9.17, 15) is 10.1 Å². The van der Waals surface area contributed by atoms with Crippen LogP contribution in [0.5, 0.6) is 11.5 Å². The lowest BCUT2D eigenvalue weighted by atomic mass is 9.97. The maximum atomic E-state index is 11.4. The van der Waals surface area contributed by atoms with E-state index < -0.39 is 11.9 Å². The van der Waals surface area contributed by atoms with Crippen LogP contribution in [0.3, 0.4) is 0 Å². The maximum absolute atomic E-state index is 11.4. The lowest BCUT2D eigenvalue weighted by molar-refractivity contribution is -0.140. The lowest BCUT2D eigenvalue weighted by Crippen LogP contribution is -2.11. The van der Waals surface area contributed by atoms with Crippen LogP contribution in [-0.4, -0.2) is 37.6 Å². The van der Waals surface area contributed by atoms with Crippen LogP contribution in [0.4, 0.5) is 0 Å². The van der Waals surface area contributed by atoms with E-state index in [0.29, 0.717) is 23.8 Å². The fraction of sp³-hybridized carbons (Fsp3) is 0.222. The van der Waals surface area contributed by atoms with Gasteiger partial charge in [-0.15, -0.1) is 0 Å². The summed E-state index contributed by atoms with van der Waals surface area (Å²) in [5.41, 5.74) is 2.98. The number of benzene rings is 3. The van der Waals surface area contributed by atoms with Crippen molar-refractivity contribution in [2.75, 3.05) is 20.8 Å². The number of hydrogen-bond acceptors (Lipinski definition) is 7. The third-order valence-corrected chi connectivity index (χ3v) is 4.87. The van der Waals surface area contributed by atoms with Crippen LogP contribution in [0, 0.1) is 16.7 Å². The van der Waals surface area contributed by atoms with Gasteiger partial charge in [-0.1, -0.05) is 54.6 Å². The van der Waals surface area contributed by atoms with Crippen LogP contribution in [0.25, 0.3) is 0 Å². The van der Waals surface area contributed by atoms with Gasteiger partial charge in [-0.3, -0.25) is 4.79 Å². The van der Waals surface area contributed by atoms with Gasteiger partial charge in [0.05, 0.1) is 31.2 Å². The maximum Gasteiger partial charge on any atom is 0.307 e. The van der Waals surface area contributed by atoms with Crippen molar-refractivity contribution in [3.05, 3.63) is 95.6 Å². The van der Waals surface area contributed by atoms with Gasteiger partial charge in [0.15, 0.2) is 0 Å². The fourth-order valence-electron chi connectivity index (χ4n) is 3.01. The molecule has 3 aromatic carbocycles. The van der Waals surface area contributed by atoms with Crippen LogP contribution in [-0.2, 0) is 16.1 Å². The summed E-state index contributed by atoms with van der Waals surface area (Å²) in [6.07, 6.45) is 0.0203. The van der Waals surface area contributed by atoms with Crippen molar-refractivity contribution in [2.24, 2.45) is 0 Å². The number of nitriles is 1. The lowest BCUT2D eigenvalue weighted by Gasteiger charge is -2.11. The van der Waals surface area contributed by atoms with E-state index in [-0.39, 0.29) is 13.0 Å². The van der Waals surface area contributed by atoms with E-state index in [1.165, 1.54) is 7.11 Å². The Morgan fingerprint density at radius 1 is 0.941 bits per heavy atom. The third-order valence-electron chi connectivity index (χ3n) is 4.87. The molecule has 3 aromatic rings. The Kier molecular flexibility index (Phi) is 10.8. The summed E-state index contributed by atoms with van der Waals surface area (Å²) in [7, 11) is 2.31. The average molecular weight is 461 g/mol. The van der Waals surface area contributed by atoms with E-state index in [1.807, 2.05) is 54.6 Å². The van der Waals surface area contributed by atoms with E-state index in [4.69, 9.17) is 20.0 Å². The molecule has 176 valence electrons. The largest absolute Gasteiger partial charge is 0.489 e. The number of aliphatic hydroxyl groups is 1. The fourth-order valence-corrected chi connectivity index (χ4v) is 3.01. The first-order valence-corrected chi connectivity index (χ1v) is 10.6. The molecule has 0 aliphatic carbocycles. The minimum atomic E-state index is -0.549. The number of hydrogen-bond donors (Lipinski definition) is 2. The second-order valence-electron chi connectivity index (χ2n) is 7.10. The number of carbonyl (C=O) groups is 1. The van der Waals surface area contributed by atoms with Crippen molar-refractivity contribution < 1.29 is 24.1 Å². The molecule has 0 saturated carbocycles. The van der Waals surface area contributed by atoms with E-state index >= 15 is 0 Å². The minimum Gasteiger partial charge on any atom is -0.489 e. The van der Waals surface area contributed by atoms with Crippen LogP contribution in [0.2, 0.25) is 0 Å². The van der Waals surface area contributed by atoms with Gasteiger partial charge >= 0.3 is 5.97 Å². The van der Waals surface area contributed by atoms with Gasteiger partial charge in [-0.25, -0.2) is 0 Å². The monoisotopic (exact) mass is 460 g/mol. The second-order valence-corrected chi connectivity index (χ2v) is 7.10. The molecule has 2 N–H and O–H groups in total. The molecular formula is C27H28N2O5. The summed E-state index contributed by atoms with van der Waals surface area (Å²) >= 11 is 0. The predicted octanol–water partition coefficient (Wildman–Crippen LogP) is 4.49. The molecule has 1 atom stereocenters. The summed E-state index contributed by atoms with van der Waals surface area (Å²) in [6, 6.07) is 26.3. The molecule has 0 aromatic heterocycles. The topological polar surface area (TPSA) is 113 Å². The van der Waals surface area contributed by atoms with Crippen molar-refractivity contribution >= 4 is 11.7 Å². The average Bonchev–Trinajstić information content (AvgIpc) is 2.91. The van der Waals surface area contributed by atoms with E-state index in [0.717, 1.165) is 23.8 Å². The highest BCUT2D eigenvalue weighted by atomic mass is 16.5. The molecule has 0 radical (unpaired) electrons. The normalized spacial score (nSPS) is 10.6. The number of ether oxygens (including phenoxy) is 3. The van der Waals surface area contributed by atoms with Gasteiger partial charge in [0.2, 0.25) is 0 Å². The Labute approximate surface area is 199 Å². The summed E-state index contributed by atoms with van der Waals surface area (Å²) < 4.78 is 16.1. The third kappa shape index (κ3) is 8.08. The zero-order chi connectivity index (χ0) is 24.8. The molecule has 3 rings (SSSR count). The smallest absolute Gasteiger partial charge is 0.307 e. The molecule has 0 spiro atoms. The van der Waals surface area contributed by atoms with Crippen molar-refractivity contribution in [1.82, 2.24) is 0 Å². The van der Waals surface area contributed by atoms with Crippen LogP contribution in [0.1, 0.15) is 29.0 Å². The molecule has 7 heteroatoms. The summed E-state index contributed by atoms with van der Waals surface area (Å²) in [5.74, 6) is 0.390. The summed E-state index contributed by atoms with van der Waals surface area (Å²) in [4.78, 5) is 11.4. The van der Waals surface area contributed by atoms with Gasteiger partial charge in [-0.05, 0) is 41.0 Å². The number of methoxy groups -OCH3 is 1. The minimum absolute atomic E-state index is 0.0203. The highest BCUT2D eigenvalue weighted by molar-refractivity contribution is 5.99. The molecule has 0 bridgehead atoms. The number of carbonyl (C=O) groups excluding carboxylic acids is 1. The molecule has 34 heavy (non-hydrogen) atoms. The molecule has 1 unspecified atom stereocenters. The summed E-state index contributed by atoms with van der Waals surface area (Å²) in [5, 5.41) is 24.4. The van der Waals surface area contributed by atoms with Crippen LogP contribution < -0.4 is 9.47 Å². The predicted molar refractivity (Wildman–Crippen MR) is 129 cm³/mol. The van der Waals surface area contributed by atoms with E-state index in [1.54, 1.807) is 24.3 Å². The van der Waals surface area contributed by atoms with Crippen molar-refractivity contribution in [3.8, 4) is 17.6 Å². The molecule has 0 saturated heterocycles. The number of nitrogens with zero attached hydrogens (tertiary/aromatic N) is 1. The second kappa shape index (κ2) is 14.1. The van der Waals surface area contributed by atoms with Crippen molar-refractivity contribution in [1.29, 1.82) is 10.7 Å². The Morgan fingerprint density at radius 3 is 2.12 bits per heavy atom. The highest BCUT2D eigenvalue weighted by Crippen LogP contribution is 2.23. The van der Waals surface area contributed by atoms with Gasteiger partial charge < -0.3 is 24.7 Å². The first-order chi connectivity index (χ1) is 16.6. The molecule has 7 nitrogen and oxygen atoms in total. The standard InChI is InChI=1S/C26H24N2O4.CH4O/c1-30-26(29)15-22(16-27)20-9-13-24(14-10-20)31-17-19-7-11-23(12-8-19)32-18-25(28)21-5-3-2-4-6-21;1-2/h2-14,22,28H,15,17-18H2,1H3;2H,1H3. The molecule has 0 heterocycles. The first-order valence-electron chi connectivity index (χ1n) is 10.6. The van der Waals surface area contributed by atoms with Gasteiger partial charge in [-0.2, -0.15) is 5.26 Å². The van der Waals surface area contributed by atoms with E-state index in [2.05, 4.69) is 10.8 Å². The van der Waals surface area contributed by atoms with Crippen LogP contribution in [0.15, 0.2) is 78.9 Å². The Hall–Kier alpha value is -4.15. The molecule has 0 aliphatic heterocycles. The number of esters is 1. The number of rotatable bonds is 10. The number of aliphatic hydroxyl groups excluding tert-OH is 1. The Bertz CT molecular complexity index is 1070. The molecule has 0 amide bonds. The highest BCUT2D eigenvalue weighted by Gasteiger charge is 2.16. The van der Waals surface area contributed by atoms with Gasteiger partial charge in [0.25, 0.3) is 0 Å². The number of nitrogens with one attached hydrogen (secondary N) is 1.